The Morgan fingerprint density at radius 1 is 1.38 bits per heavy atom. The number of ether oxygens (including phenoxy) is 3. The number of nitrogens with zero attached hydrogens (tertiary/aromatic N) is 1. The van der Waals surface area contributed by atoms with E-state index in [-0.39, 0.29) is 24.0 Å². The summed E-state index contributed by atoms with van der Waals surface area (Å²) in [6.07, 6.45) is 3.49. The number of methoxy groups -OCH3 is 1. The molecule has 0 saturated carbocycles. The van der Waals surface area contributed by atoms with E-state index < -0.39 is 17.4 Å². The lowest BCUT2D eigenvalue weighted by Gasteiger charge is -2.27. The highest BCUT2D eigenvalue weighted by atomic mass is 16.6. The highest BCUT2D eigenvalue weighted by Crippen LogP contribution is 2.53. The van der Waals surface area contributed by atoms with Crippen molar-refractivity contribution in [1.29, 1.82) is 0 Å². The van der Waals surface area contributed by atoms with Crippen LogP contribution in [0.15, 0.2) is 36.4 Å². The van der Waals surface area contributed by atoms with Crippen LogP contribution in [-0.4, -0.2) is 48.7 Å². The molecular weight excluding hydrogens is 334 g/mol. The Kier molecular flexibility index (Phi) is 4.03. The minimum Gasteiger partial charge on any atom is -0.497 e. The standard InChI is InChI=1S/C20H23NO5/c1-4-25-19(23)16-15-9-10-20(26-15)11-21(18(22)17(16)20)12(2)13-5-7-14(24-3)8-6-13/h5-10,12,15-17H,4,11H2,1-3H3/t12?,15-,16?,17+,20-/m1/s1. The van der Waals surface area contributed by atoms with Crippen LogP contribution >= 0.6 is 0 Å². The van der Waals surface area contributed by atoms with Crippen LogP contribution in [0.25, 0.3) is 0 Å². The maximum absolute atomic E-state index is 13.2. The van der Waals surface area contributed by atoms with Crippen molar-refractivity contribution < 1.29 is 23.8 Å². The molecule has 2 bridgehead atoms. The topological polar surface area (TPSA) is 65.1 Å². The molecule has 1 aromatic carbocycles. The molecule has 0 aromatic heterocycles. The van der Waals surface area contributed by atoms with E-state index in [0.29, 0.717) is 13.2 Å². The van der Waals surface area contributed by atoms with Gasteiger partial charge in [-0.3, -0.25) is 9.59 Å². The van der Waals surface area contributed by atoms with Crippen LogP contribution in [0.3, 0.4) is 0 Å². The normalized spacial score (nSPS) is 32.7. The van der Waals surface area contributed by atoms with Gasteiger partial charge in [-0.15, -0.1) is 0 Å². The Balaban J connectivity index is 1.60. The Labute approximate surface area is 152 Å². The van der Waals surface area contributed by atoms with E-state index in [9.17, 15) is 9.59 Å². The summed E-state index contributed by atoms with van der Waals surface area (Å²) < 4.78 is 16.5. The lowest BCUT2D eigenvalue weighted by molar-refractivity contribution is -0.153. The molecule has 0 radical (unpaired) electrons. The average Bonchev–Trinajstić information content (AvgIpc) is 3.29. The van der Waals surface area contributed by atoms with Crippen molar-refractivity contribution in [3.05, 3.63) is 42.0 Å². The van der Waals surface area contributed by atoms with Crippen molar-refractivity contribution in [3.8, 4) is 5.75 Å². The van der Waals surface area contributed by atoms with E-state index in [4.69, 9.17) is 14.2 Å². The molecule has 2 unspecified atom stereocenters. The molecule has 6 nitrogen and oxygen atoms in total. The number of rotatable bonds is 5. The first-order valence-electron chi connectivity index (χ1n) is 8.99. The van der Waals surface area contributed by atoms with Gasteiger partial charge in [0.15, 0.2) is 0 Å². The quantitative estimate of drug-likeness (QED) is 0.596. The number of carbonyl (C=O) groups is 2. The molecule has 3 aliphatic rings. The van der Waals surface area contributed by atoms with Gasteiger partial charge in [0.2, 0.25) is 5.91 Å². The third kappa shape index (κ3) is 2.35. The van der Waals surface area contributed by atoms with E-state index in [1.165, 1.54) is 0 Å². The zero-order chi connectivity index (χ0) is 18.5. The summed E-state index contributed by atoms with van der Waals surface area (Å²) in [6.45, 7) is 4.51. The average molecular weight is 357 g/mol. The zero-order valence-electron chi connectivity index (χ0n) is 15.2. The molecule has 1 aromatic rings. The summed E-state index contributed by atoms with van der Waals surface area (Å²) in [5, 5.41) is 0. The molecule has 1 amide bonds. The van der Waals surface area contributed by atoms with Gasteiger partial charge in [-0.05, 0) is 31.5 Å². The second-order valence-corrected chi connectivity index (χ2v) is 7.07. The van der Waals surface area contributed by atoms with Crippen LogP contribution in [-0.2, 0) is 19.1 Å². The second-order valence-electron chi connectivity index (χ2n) is 7.07. The van der Waals surface area contributed by atoms with Gasteiger partial charge >= 0.3 is 5.97 Å². The number of hydrogen-bond acceptors (Lipinski definition) is 5. The number of likely N-dealkylation sites (tertiary alicyclic amines) is 1. The fraction of sp³-hybridized carbons (Fsp3) is 0.500. The number of benzene rings is 1. The number of fused-ring (bicyclic) bond motifs is 1. The second kappa shape index (κ2) is 6.13. The number of esters is 1. The fourth-order valence-electron chi connectivity index (χ4n) is 4.43. The molecule has 0 aliphatic carbocycles. The largest absolute Gasteiger partial charge is 0.497 e. The summed E-state index contributed by atoms with van der Waals surface area (Å²) in [6, 6.07) is 7.57. The van der Waals surface area contributed by atoms with Gasteiger partial charge < -0.3 is 19.1 Å². The summed E-state index contributed by atoms with van der Waals surface area (Å²) in [4.78, 5) is 27.4. The molecule has 5 atom stereocenters. The Bertz CT molecular complexity index is 758. The molecule has 1 spiro atoms. The van der Waals surface area contributed by atoms with Crippen molar-refractivity contribution >= 4 is 11.9 Å². The van der Waals surface area contributed by atoms with Crippen LogP contribution in [0.5, 0.6) is 5.75 Å². The number of carbonyl (C=O) groups excluding carboxylic acids is 2. The van der Waals surface area contributed by atoms with Gasteiger partial charge in [-0.25, -0.2) is 0 Å². The number of hydrogen-bond donors (Lipinski definition) is 0. The van der Waals surface area contributed by atoms with Gasteiger partial charge in [0.1, 0.15) is 17.3 Å². The lowest BCUT2D eigenvalue weighted by Crippen LogP contribution is -2.40. The van der Waals surface area contributed by atoms with Crippen molar-refractivity contribution in [3.63, 3.8) is 0 Å². The summed E-state index contributed by atoms with van der Waals surface area (Å²) in [5.74, 6) is -0.673. The zero-order valence-corrected chi connectivity index (χ0v) is 15.2. The smallest absolute Gasteiger partial charge is 0.312 e. The Hall–Kier alpha value is -2.34. The molecule has 26 heavy (non-hydrogen) atoms. The highest BCUT2D eigenvalue weighted by molar-refractivity contribution is 5.91. The van der Waals surface area contributed by atoms with Crippen LogP contribution in [0.2, 0.25) is 0 Å². The van der Waals surface area contributed by atoms with Gasteiger partial charge in [0.05, 0.1) is 38.3 Å². The predicted molar refractivity (Wildman–Crippen MR) is 93.5 cm³/mol. The molecule has 4 rings (SSSR count). The molecule has 2 saturated heterocycles. The summed E-state index contributed by atoms with van der Waals surface area (Å²) >= 11 is 0. The van der Waals surface area contributed by atoms with Gasteiger partial charge in [-0.2, -0.15) is 0 Å². The first-order valence-corrected chi connectivity index (χ1v) is 8.99. The predicted octanol–water partition coefficient (Wildman–Crippen LogP) is 2.10. The van der Waals surface area contributed by atoms with Crippen LogP contribution < -0.4 is 4.74 Å². The lowest BCUT2D eigenvalue weighted by atomic mass is 9.77. The molecule has 2 fully saturated rings. The third-order valence-electron chi connectivity index (χ3n) is 5.75. The van der Waals surface area contributed by atoms with E-state index >= 15 is 0 Å². The molecule has 6 heteroatoms. The Morgan fingerprint density at radius 2 is 2.12 bits per heavy atom. The third-order valence-corrected chi connectivity index (χ3v) is 5.75. The molecule has 138 valence electrons. The van der Waals surface area contributed by atoms with Crippen molar-refractivity contribution in [2.24, 2.45) is 11.8 Å². The molecule has 3 heterocycles. The van der Waals surface area contributed by atoms with Gasteiger partial charge in [0, 0.05) is 0 Å². The molecular formula is C20H23NO5. The van der Waals surface area contributed by atoms with E-state index in [0.717, 1.165) is 11.3 Å². The van der Waals surface area contributed by atoms with E-state index in [1.54, 1.807) is 14.0 Å². The fourth-order valence-corrected chi connectivity index (χ4v) is 4.43. The van der Waals surface area contributed by atoms with Crippen molar-refractivity contribution in [2.75, 3.05) is 20.3 Å². The first-order chi connectivity index (χ1) is 12.5. The Morgan fingerprint density at radius 3 is 2.77 bits per heavy atom. The van der Waals surface area contributed by atoms with E-state index in [2.05, 4.69) is 0 Å². The van der Waals surface area contributed by atoms with Crippen molar-refractivity contribution in [2.45, 2.75) is 31.6 Å². The van der Waals surface area contributed by atoms with Crippen molar-refractivity contribution in [1.82, 2.24) is 4.90 Å². The first kappa shape index (κ1) is 17.1. The highest BCUT2D eigenvalue weighted by Gasteiger charge is 2.67. The maximum atomic E-state index is 13.2. The van der Waals surface area contributed by atoms with E-state index in [1.807, 2.05) is 48.2 Å². The van der Waals surface area contributed by atoms with Crippen LogP contribution in [0, 0.1) is 11.8 Å². The molecule has 0 N–H and O–H groups in total. The summed E-state index contributed by atoms with van der Waals surface area (Å²) in [5.41, 5.74) is 0.307. The van der Waals surface area contributed by atoms with Crippen LogP contribution in [0.1, 0.15) is 25.5 Å². The monoisotopic (exact) mass is 357 g/mol. The summed E-state index contributed by atoms with van der Waals surface area (Å²) in [7, 11) is 1.62. The van der Waals surface area contributed by atoms with Gasteiger partial charge in [-0.1, -0.05) is 24.3 Å². The molecule has 3 aliphatic heterocycles. The van der Waals surface area contributed by atoms with Crippen LogP contribution in [0.4, 0.5) is 0 Å². The SMILES string of the molecule is CCOC(=O)C1[C@H]2C(=O)N(C(C)c3ccc(OC)cc3)C[C@]23C=C[C@H]1O3. The maximum Gasteiger partial charge on any atom is 0.312 e. The minimum atomic E-state index is -0.708. The minimum absolute atomic E-state index is 0.0433. The number of amides is 1. The van der Waals surface area contributed by atoms with Gasteiger partial charge in [0.25, 0.3) is 0 Å².